The summed E-state index contributed by atoms with van der Waals surface area (Å²) in [5, 5.41) is 6.51. The summed E-state index contributed by atoms with van der Waals surface area (Å²) < 4.78 is 29.3. The highest BCUT2D eigenvalue weighted by atomic mass is 19.1. The van der Waals surface area contributed by atoms with Crippen LogP contribution in [0.3, 0.4) is 0 Å². The second-order valence-electron chi connectivity index (χ2n) is 6.01. The summed E-state index contributed by atoms with van der Waals surface area (Å²) in [6.45, 7) is 3.84. The van der Waals surface area contributed by atoms with Gasteiger partial charge in [0.2, 0.25) is 0 Å². The first-order valence-electron chi connectivity index (χ1n) is 9.16. The summed E-state index contributed by atoms with van der Waals surface area (Å²) in [5.41, 5.74) is 1.89. The number of guanidine groups is 1. The molecule has 0 heterocycles. The minimum atomic E-state index is -0.250. The quantitative estimate of drug-likeness (QED) is 0.510. The van der Waals surface area contributed by atoms with Crippen molar-refractivity contribution in [1.82, 2.24) is 10.6 Å². The van der Waals surface area contributed by atoms with Gasteiger partial charge in [-0.15, -0.1) is 0 Å². The van der Waals surface area contributed by atoms with Crippen LogP contribution < -0.4 is 24.8 Å². The Morgan fingerprint density at radius 3 is 2.14 bits per heavy atom. The number of aliphatic imine (C=N–C) groups is 1. The third-order valence-corrected chi connectivity index (χ3v) is 4.16. The number of hydrogen-bond acceptors (Lipinski definition) is 4. The van der Waals surface area contributed by atoms with Crippen molar-refractivity contribution in [1.29, 1.82) is 0 Å². The van der Waals surface area contributed by atoms with Gasteiger partial charge in [0.1, 0.15) is 23.1 Å². The molecule has 0 spiro atoms. The maximum Gasteiger partial charge on any atom is 0.191 e. The van der Waals surface area contributed by atoms with E-state index in [4.69, 9.17) is 14.2 Å². The number of rotatable bonds is 9. The van der Waals surface area contributed by atoms with Crippen LogP contribution in [-0.4, -0.2) is 40.4 Å². The minimum Gasteiger partial charge on any atom is -0.496 e. The van der Waals surface area contributed by atoms with Crippen molar-refractivity contribution in [2.75, 3.05) is 34.4 Å². The predicted octanol–water partition coefficient (Wildman–Crippen LogP) is 3.15. The molecule has 2 N–H and O–H groups in total. The highest BCUT2D eigenvalue weighted by Crippen LogP contribution is 2.34. The fourth-order valence-corrected chi connectivity index (χ4v) is 2.73. The van der Waals surface area contributed by atoms with E-state index < -0.39 is 0 Å². The van der Waals surface area contributed by atoms with Crippen molar-refractivity contribution in [3.8, 4) is 17.2 Å². The largest absolute Gasteiger partial charge is 0.496 e. The molecule has 0 fully saturated rings. The van der Waals surface area contributed by atoms with Gasteiger partial charge in [-0.25, -0.2) is 9.38 Å². The van der Waals surface area contributed by atoms with E-state index in [1.54, 1.807) is 33.5 Å². The van der Waals surface area contributed by atoms with Gasteiger partial charge in [-0.1, -0.05) is 12.1 Å². The van der Waals surface area contributed by atoms with Crippen molar-refractivity contribution >= 4 is 5.96 Å². The number of halogens is 1. The van der Waals surface area contributed by atoms with Gasteiger partial charge in [0.15, 0.2) is 5.96 Å². The van der Waals surface area contributed by atoms with Crippen LogP contribution in [0.25, 0.3) is 0 Å². The van der Waals surface area contributed by atoms with Gasteiger partial charge < -0.3 is 24.8 Å². The Labute approximate surface area is 165 Å². The Kier molecular flexibility index (Phi) is 8.39. The first-order valence-corrected chi connectivity index (χ1v) is 9.16. The van der Waals surface area contributed by atoms with E-state index in [1.807, 2.05) is 19.1 Å². The van der Waals surface area contributed by atoms with Crippen LogP contribution in [0.15, 0.2) is 41.4 Å². The minimum absolute atomic E-state index is 0.250. The van der Waals surface area contributed by atoms with E-state index in [0.717, 1.165) is 17.7 Å². The second kappa shape index (κ2) is 11.0. The van der Waals surface area contributed by atoms with E-state index in [2.05, 4.69) is 15.6 Å². The van der Waals surface area contributed by atoms with Gasteiger partial charge in [0, 0.05) is 30.8 Å². The SMILES string of the molecule is CCNC(=NCc1ccc(F)cc1)NCCc1c(OC)cc(OC)cc1OC. The highest BCUT2D eigenvalue weighted by molar-refractivity contribution is 5.79. The Balaban J connectivity index is 2.04. The van der Waals surface area contributed by atoms with E-state index in [1.165, 1.54) is 12.1 Å². The molecule has 0 amide bonds. The number of benzene rings is 2. The van der Waals surface area contributed by atoms with Gasteiger partial charge in [-0.2, -0.15) is 0 Å². The molecule has 28 heavy (non-hydrogen) atoms. The smallest absolute Gasteiger partial charge is 0.191 e. The first kappa shape index (κ1) is 21.3. The molecule has 0 unspecified atom stereocenters. The maximum atomic E-state index is 13.0. The van der Waals surface area contributed by atoms with Crippen molar-refractivity contribution < 1.29 is 18.6 Å². The molecule has 2 aromatic carbocycles. The van der Waals surface area contributed by atoms with Crippen molar-refractivity contribution in [3.05, 3.63) is 53.3 Å². The highest BCUT2D eigenvalue weighted by Gasteiger charge is 2.13. The van der Waals surface area contributed by atoms with Crippen LogP contribution >= 0.6 is 0 Å². The molecule has 2 rings (SSSR count). The molecule has 0 atom stereocenters. The number of nitrogens with one attached hydrogen (secondary N) is 2. The summed E-state index contributed by atoms with van der Waals surface area (Å²) in [5.74, 6) is 2.55. The Morgan fingerprint density at radius 1 is 0.964 bits per heavy atom. The number of hydrogen-bond donors (Lipinski definition) is 2. The monoisotopic (exact) mass is 389 g/mol. The topological polar surface area (TPSA) is 64.1 Å². The van der Waals surface area contributed by atoms with Crippen LogP contribution in [0.4, 0.5) is 4.39 Å². The van der Waals surface area contributed by atoms with Crippen LogP contribution in [0.2, 0.25) is 0 Å². The van der Waals surface area contributed by atoms with Crippen molar-refractivity contribution in [3.63, 3.8) is 0 Å². The Hall–Kier alpha value is -2.96. The standard InChI is InChI=1S/C21H28FN3O3/c1-5-23-21(25-14-15-6-8-16(22)9-7-15)24-11-10-18-19(27-3)12-17(26-2)13-20(18)28-4/h6-9,12-13H,5,10-11,14H2,1-4H3,(H2,23,24,25). The summed E-state index contributed by atoms with van der Waals surface area (Å²) in [7, 11) is 4.86. The molecule has 0 aliphatic carbocycles. The lowest BCUT2D eigenvalue weighted by Gasteiger charge is -2.16. The van der Waals surface area contributed by atoms with Crippen molar-refractivity contribution in [2.24, 2.45) is 4.99 Å². The molecule has 6 nitrogen and oxygen atoms in total. The second-order valence-corrected chi connectivity index (χ2v) is 6.01. The van der Waals surface area contributed by atoms with E-state index in [0.29, 0.717) is 42.7 Å². The molecule has 0 saturated carbocycles. The average Bonchev–Trinajstić information content (AvgIpc) is 2.72. The Bertz CT molecular complexity index is 754. The lowest BCUT2D eigenvalue weighted by atomic mass is 10.1. The van der Waals surface area contributed by atoms with Gasteiger partial charge in [0.25, 0.3) is 0 Å². The van der Waals surface area contributed by atoms with Crippen molar-refractivity contribution in [2.45, 2.75) is 19.9 Å². The summed E-state index contributed by atoms with van der Waals surface area (Å²) >= 11 is 0. The molecule has 2 aromatic rings. The van der Waals surface area contributed by atoms with Gasteiger partial charge >= 0.3 is 0 Å². The fourth-order valence-electron chi connectivity index (χ4n) is 2.73. The van der Waals surface area contributed by atoms with Crippen LogP contribution in [0.5, 0.6) is 17.2 Å². The molecule has 0 radical (unpaired) electrons. The molecule has 0 bridgehead atoms. The number of ether oxygens (including phenoxy) is 3. The molecular weight excluding hydrogens is 361 g/mol. The zero-order chi connectivity index (χ0) is 20.4. The van der Waals surface area contributed by atoms with E-state index >= 15 is 0 Å². The zero-order valence-corrected chi connectivity index (χ0v) is 16.8. The van der Waals surface area contributed by atoms with Gasteiger partial charge in [-0.3, -0.25) is 0 Å². The van der Waals surface area contributed by atoms with Crippen LogP contribution in [0.1, 0.15) is 18.1 Å². The molecule has 0 aromatic heterocycles. The molecular formula is C21H28FN3O3. The first-order chi connectivity index (χ1) is 13.6. The third kappa shape index (κ3) is 6.04. The fraction of sp³-hybridized carbons (Fsp3) is 0.381. The summed E-state index contributed by atoms with van der Waals surface area (Å²) in [4.78, 5) is 4.55. The van der Waals surface area contributed by atoms with Crippen LogP contribution in [0, 0.1) is 5.82 Å². The molecule has 0 saturated heterocycles. The Morgan fingerprint density at radius 2 is 1.61 bits per heavy atom. The predicted molar refractivity (Wildman–Crippen MR) is 109 cm³/mol. The number of nitrogens with zero attached hydrogens (tertiary/aromatic N) is 1. The molecule has 0 aliphatic heterocycles. The summed E-state index contributed by atoms with van der Waals surface area (Å²) in [6.07, 6.45) is 0.678. The van der Waals surface area contributed by atoms with Gasteiger partial charge in [0.05, 0.1) is 27.9 Å². The lowest BCUT2D eigenvalue weighted by molar-refractivity contribution is 0.368. The zero-order valence-electron chi connectivity index (χ0n) is 16.8. The average molecular weight is 389 g/mol. The third-order valence-electron chi connectivity index (χ3n) is 4.16. The molecule has 0 aliphatic rings. The van der Waals surface area contributed by atoms with E-state index in [-0.39, 0.29) is 5.82 Å². The lowest BCUT2D eigenvalue weighted by Crippen LogP contribution is -2.38. The summed E-state index contributed by atoms with van der Waals surface area (Å²) in [6, 6.07) is 10.0. The van der Waals surface area contributed by atoms with E-state index in [9.17, 15) is 4.39 Å². The number of methoxy groups -OCH3 is 3. The molecule has 7 heteroatoms. The van der Waals surface area contributed by atoms with Gasteiger partial charge in [-0.05, 0) is 31.0 Å². The normalized spacial score (nSPS) is 11.1. The maximum absolute atomic E-state index is 13.0. The van der Waals surface area contributed by atoms with Crippen LogP contribution in [-0.2, 0) is 13.0 Å². The molecule has 152 valence electrons.